The van der Waals surface area contributed by atoms with Gasteiger partial charge in [-0.05, 0) is 24.1 Å². The molecule has 4 rings (SSSR count). The van der Waals surface area contributed by atoms with E-state index < -0.39 is 23.8 Å². The van der Waals surface area contributed by atoms with Gasteiger partial charge in [-0.25, -0.2) is 0 Å². The summed E-state index contributed by atoms with van der Waals surface area (Å²) in [5, 5.41) is 0. The number of hydrogen-bond acceptors (Lipinski definition) is 4. The average molecular weight is 348 g/mol. The van der Waals surface area contributed by atoms with Gasteiger partial charge in [0.05, 0.1) is 17.7 Å². The first-order valence-corrected chi connectivity index (χ1v) is 8.43. The number of imide groups is 2. The smallest absolute Gasteiger partial charge is 0.262 e. The highest BCUT2D eigenvalue weighted by atomic mass is 16.2. The second-order valence-electron chi connectivity index (χ2n) is 6.38. The van der Waals surface area contributed by atoms with E-state index in [0.29, 0.717) is 11.1 Å². The lowest BCUT2D eigenvalue weighted by molar-refractivity contribution is -0.152. The van der Waals surface area contributed by atoms with Crippen molar-refractivity contribution < 1.29 is 19.2 Å². The van der Waals surface area contributed by atoms with Gasteiger partial charge in [0.25, 0.3) is 17.7 Å². The van der Waals surface area contributed by atoms with Crippen molar-refractivity contribution >= 4 is 23.6 Å². The fourth-order valence-electron chi connectivity index (χ4n) is 3.48. The van der Waals surface area contributed by atoms with Crippen molar-refractivity contribution in [1.82, 2.24) is 9.80 Å². The first kappa shape index (κ1) is 16.2. The quantitative estimate of drug-likeness (QED) is 0.795. The Morgan fingerprint density at radius 3 is 2.00 bits per heavy atom. The summed E-state index contributed by atoms with van der Waals surface area (Å²) >= 11 is 0. The number of nitrogens with zero attached hydrogens (tertiary/aromatic N) is 2. The number of piperidine rings is 1. The molecule has 6 heteroatoms. The van der Waals surface area contributed by atoms with E-state index in [1.807, 2.05) is 30.3 Å². The molecular weight excluding hydrogens is 332 g/mol. The van der Waals surface area contributed by atoms with E-state index in [2.05, 4.69) is 0 Å². The Kier molecular flexibility index (Phi) is 3.88. The molecule has 2 aromatic carbocycles. The minimum atomic E-state index is -0.941. The summed E-state index contributed by atoms with van der Waals surface area (Å²) < 4.78 is 0. The highest BCUT2D eigenvalue weighted by Crippen LogP contribution is 2.29. The normalized spacial score (nSPS) is 19.9. The van der Waals surface area contributed by atoms with E-state index in [1.54, 1.807) is 24.3 Å². The summed E-state index contributed by atoms with van der Waals surface area (Å²) in [4.78, 5) is 52.6. The fraction of sp³-hybridized carbons (Fsp3) is 0.200. The van der Waals surface area contributed by atoms with Crippen LogP contribution in [0.2, 0.25) is 0 Å². The molecule has 0 saturated carbocycles. The number of hydrogen-bond donors (Lipinski definition) is 0. The molecule has 130 valence electrons. The Balaban J connectivity index is 1.62. The number of carbonyl (C=O) groups excluding carboxylic acids is 4. The summed E-state index contributed by atoms with van der Waals surface area (Å²) in [5.74, 6) is -1.73. The lowest BCUT2D eigenvalue weighted by Crippen LogP contribution is -2.55. The largest absolute Gasteiger partial charge is 0.276 e. The van der Waals surface area contributed by atoms with E-state index in [0.717, 1.165) is 15.4 Å². The molecule has 6 nitrogen and oxygen atoms in total. The molecule has 0 N–H and O–H groups in total. The van der Waals surface area contributed by atoms with Crippen LogP contribution in [0.3, 0.4) is 0 Å². The molecule has 2 heterocycles. The standard InChI is InChI=1S/C20H16N2O4/c23-17-11-10-16(20(26)21(17)12-13-6-2-1-3-7-13)22-18(24)14-8-4-5-9-15(14)19(22)25/h1-9,16H,10-12H2. The second-order valence-corrected chi connectivity index (χ2v) is 6.38. The van der Waals surface area contributed by atoms with E-state index in [9.17, 15) is 19.2 Å². The van der Waals surface area contributed by atoms with Gasteiger partial charge in [0.1, 0.15) is 6.04 Å². The van der Waals surface area contributed by atoms with Crippen molar-refractivity contribution in [3.05, 3.63) is 71.3 Å². The van der Waals surface area contributed by atoms with Crippen molar-refractivity contribution in [2.45, 2.75) is 25.4 Å². The summed E-state index contributed by atoms with van der Waals surface area (Å²) in [7, 11) is 0. The van der Waals surface area contributed by atoms with Gasteiger partial charge < -0.3 is 0 Å². The molecule has 26 heavy (non-hydrogen) atoms. The van der Waals surface area contributed by atoms with Crippen LogP contribution < -0.4 is 0 Å². The molecule has 1 saturated heterocycles. The maximum Gasteiger partial charge on any atom is 0.262 e. The third-order valence-electron chi connectivity index (χ3n) is 4.80. The SMILES string of the molecule is O=C1CCC(N2C(=O)c3ccccc3C2=O)C(=O)N1Cc1ccccc1. The number of benzene rings is 2. The summed E-state index contributed by atoms with van der Waals surface area (Å²) in [6, 6.07) is 14.7. The van der Waals surface area contributed by atoms with Crippen LogP contribution in [0.4, 0.5) is 0 Å². The molecule has 0 aliphatic carbocycles. The third-order valence-corrected chi connectivity index (χ3v) is 4.80. The molecule has 0 radical (unpaired) electrons. The number of amides is 4. The van der Waals surface area contributed by atoms with Crippen LogP contribution in [0.5, 0.6) is 0 Å². The van der Waals surface area contributed by atoms with Crippen LogP contribution in [0.1, 0.15) is 39.1 Å². The Morgan fingerprint density at radius 1 is 0.808 bits per heavy atom. The number of rotatable bonds is 3. The van der Waals surface area contributed by atoms with Gasteiger partial charge in [0, 0.05) is 6.42 Å². The average Bonchev–Trinajstić information content (AvgIpc) is 2.91. The first-order valence-electron chi connectivity index (χ1n) is 8.43. The zero-order valence-electron chi connectivity index (χ0n) is 13.9. The van der Waals surface area contributed by atoms with Gasteiger partial charge in [0.15, 0.2) is 0 Å². The van der Waals surface area contributed by atoms with E-state index >= 15 is 0 Å². The third kappa shape index (κ3) is 2.50. The first-order chi connectivity index (χ1) is 12.6. The molecule has 2 aliphatic rings. The lowest BCUT2D eigenvalue weighted by atomic mass is 10.0. The van der Waals surface area contributed by atoms with E-state index in [1.165, 1.54) is 0 Å². The molecule has 0 bridgehead atoms. The fourth-order valence-corrected chi connectivity index (χ4v) is 3.48. The molecule has 4 amide bonds. The summed E-state index contributed by atoms with van der Waals surface area (Å²) in [5.41, 5.74) is 1.42. The van der Waals surface area contributed by atoms with Crippen molar-refractivity contribution in [2.75, 3.05) is 0 Å². The highest BCUT2D eigenvalue weighted by molar-refractivity contribution is 6.23. The zero-order chi connectivity index (χ0) is 18.3. The number of carbonyl (C=O) groups is 4. The molecule has 2 aromatic rings. The van der Waals surface area contributed by atoms with Gasteiger partial charge >= 0.3 is 0 Å². The molecule has 1 atom stereocenters. The van der Waals surface area contributed by atoms with Crippen LogP contribution in [-0.2, 0) is 16.1 Å². The minimum absolute atomic E-state index is 0.122. The molecule has 1 fully saturated rings. The second kappa shape index (κ2) is 6.22. The predicted octanol–water partition coefficient (Wildman–Crippen LogP) is 2.00. The Hall–Kier alpha value is -3.28. The Bertz CT molecular complexity index is 887. The molecule has 0 spiro atoms. The zero-order valence-corrected chi connectivity index (χ0v) is 13.9. The predicted molar refractivity (Wildman–Crippen MR) is 92.0 cm³/mol. The molecule has 1 unspecified atom stereocenters. The van der Waals surface area contributed by atoms with Crippen molar-refractivity contribution in [3.63, 3.8) is 0 Å². The Labute approximate surface area is 150 Å². The summed E-state index contributed by atoms with van der Waals surface area (Å²) in [6.45, 7) is 0.137. The summed E-state index contributed by atoms with van der Waals surface area (Å²) in [6.07, 6.45) is 0.283. The topological polar surface area (TPSA) is 74.8 Å². The minimum Gasteiger partial charge on any atom is -0.276 e. The lowest BCUT2D eigenvalue weighted by Gasteiger charge is -2.34. The highest BCUT2D eigenvalue weighted by Gasteiger charge is 2.46. The maximum atomic E-state index is 12.9. The van der Waals surface area contributed by atoms with Gasteiger partial charge in [-0.3, -0.25) is 29.0 Å². The number of likely N-dealkylation sites (tertiary alicyclic amines) is 1. The van der Waals surface area contributed by atoms with Crippen LogP contribution in [0.15, 0.2) is 54.6 Å². The monoisotopic (exact) mass is 348 g/mol. The number of fused-ring (bicyclic) bond motifs is 1. The van der Waals surface area contributed by atoms with Crippen LogP contribution in [0.25, 0.3) is 0 Å². The van der Waals surface area contributed by atoms with E-state index in [4.69, 9.17) is 0 Å². The van der Waals surface area contributed by atoms with Crippen LogP contribution >= 0.6 is 0 Å². The van der Waals surface area contributed by atoms with Crippen LogP contribution in [0, 0.1) is 0 Å². The van der Waals surface area contributed by atoms with Crippen molar-refractivity contribution in [3.8, 4) is 0 Å². The molecule has 2 aliphatic heterocycles. The Morgan fingerprint density at radius 2 is 1.38 bits per heavy atom. The van der Waals surface area contributed by atoms with Gasteiger partial charge in [0.2, 0.25) is 5.91 Å². The molecular formula is C20H16N2O4. The molecule has 0 aromatic heterocycles. The van der Waals surface area contributed by atoms with E-state index in [-0.39, 0.29) is 25.3 Å². The van der Waals surface area contributed by atoms with Gasteiger partial charge in [-0.15, -0.1) is 0 Å². The van der Waals surface area contributed by atoms with Crippen molar-refractivity contribution in [1.29, 1.82) is 0 Å². The van der Waals surface area contributed by atoms with Crippen LogP contribution in [-0.4, -0.2) is 39.5 Å². The van der Waals surface area contributed by atoms with Crippen molar-refractivity contribution in [2.24, 2.45) is 0 Å². The van der Waals surface area contributed by atoms with Gasteiger partial charge in [-0.2, -0.15) is 0 Å². The van der Waals surface area contributed by atoms with Gasteiger partial charge in [-0.1, -0.05) is 42.5 Å². The maximum absolute atomic E-state index is 12.9.